The van der Waals surface area contributed by atoms with Gasteiger partial charge in [0, 0.05) is 12.1 Å². The number of aromatic hydroxyl groups is 1. The van der Waals surface area contributed by atoms with Gasteiger partial charge in [-0.15, -0.1) is 0 Å². The minimum atomic E-state index is -1.55. The number of carbonyl (C=O) groups excluding carboxylic acids is 3. The number of benzene rings is 5. The van der Waals surface area contributed by atoms with Gasteiger partial charge in [-0.2, -0.15) is 0 Å². The molecule has 8 nitrogen and oxygen atoms in total. The summed E-state index contributed by atoms with van der Waals surface area (Å²) in [5.74, 6) is -2.40. The molecule has 50 heavy (non-hydrogen) atoms. The van der Waals surface area contributed by atoms with Crippen LogP contribution < -0.4 is 5.32 Å². The van der Waals surface area contributed by atoms with Crippen molar-refractivity contribution in [2.45, 2.75) is 48.6 Å². The number of carbonyl (C=O) groups is 3. The number of morpholine rings is 1. The molecule has 7 atom stereocenters. The second-order valence-electron chi connectivity index (χ2n) is 13.3. The number of aliphatic hydroxyl groups is 1. The fourth-order valence-corrected chi connectivity index (χ4v) is 8.56. The van der Waals surface area contributed by atoms with Crippen molar-refractivity contribution in [2.75, 3.05) is 5.32 Å². The van der Waals surface area contributed by atoms with Crippen molar-refractivity contribution in [2.24, 2.45) is 5.92 Å². The van der Waals surface area contributed by atoms with Crippen LogP contribution in [0, 0.1) is 5.92 Å². The quantitative estimate of drug-likeness (QED) is 0.157. The first-order valence-corrected chi connectivity index (χ1v) is 16.9. The number of ketones is 1. The Balaban J connectivity index is 1.36. The van der Waals surface area contributed by atoms with E-state index in [-0.39, 0.29) is 30.3 Å². The van der Waals surface area contributed by atoms with Crippen molar-refractivity contribution in [1.29, 1.82) is 0 Å². The number of aliphatic hydroxyl groups excluding tert-OH is 1. The summed E-state index contributed by atoms with van der Waals surface area (Å²) < 4.78 is 6.40. The fourth-order valence-electron chi connectivity index (χ4n) is 8.56. The molecule has 0 aromatic heterocycles. The highest BCUT2D eigenvalue weighted by atomic mass is 16.6. The van der Waals surface area contributed by atoms with Gasteiger partial charge in [-0.3, -0.25) is 19.3 Å². The SMILES string of the molecule is O=C1O[C@H](c2ccccc2)[C@H](c2ccccc2)N2[C@H]1[C@@H](C(=O)CC[C@H](O)c1ccccc1)[C@]1(C(=O)Nc3ccccc31)[C@H]2c1ccc(O)cc1. The zero-order valence-electron chi connectivity index (χ0n) is 27.1. The predicted molar refractivity (Wildman–Crippen MR) is 187 cm³/mol. The van der Waals surface area contributed by atoms with Crippen LogP contribution in [0.4, 0.5) is 5.69 Å². The minimum Gasteiger partial charge on any atom is -0.508 e. The van der Waals surface area contributed by atoms with Crippen LogP contribution >= 0.6 is 0 Å². The van der Waals surface area contributed by atoms with Crippen molar-refractivity contribution >= 4 is 23.3 Å². The molecule has 5 aromatic rings. The molecule has 0 aliphatic carbocycles. The van der Waals surface area contributed by atoms with E-state index in [2.05, 4.69) is 5.32 Å². The molecule has 5 aromatic carbocycles. The number of hydrogen-bond donors (Lipinski definition) is 3. The lowest BCUT2D eigenvalue weighted by molar-refractivity contribution is -0.178. The van der Waals surface area contributed by atoms with E-state index in [1.807, 2.05) is 120 Å². The molecule has 1 amide bonds. The molecule has 1 spiro atoms. The molecule has 0 saturated carbocycles. The molecule has 0 bridgehead atoms. The Hall–Kier alpha value is -5.57. The molecule has 3 N–H and O–H groups in total. The normalized spacial score (nSPS) is 26.1. The van der Waals surface area contributed by atoms with Gasteiger partial charge in [0.2, 0.25) is 5.91 Å². The summed E-state index contributed by atoms with van der Waals surface area (Å²) in [6, 6.07) is 39.8. The second kappa shape index (κ2) is 12.7. The molecule has 2 saturated heterocycles. The van der Waals surface area contributed by atoms with E-state index in [9.17, 15) is 24.6 Å². The van der Waals surface area contributed by atoms with Crippen molar-refractivity contribution < 1.29 is 29.3 Å². The second-order valence-corrected chi connectivity index (χ2v) is 13.3. The Morgan fingerprint density at radius 3 is 2.02 bits per heavy atom. The molecule has 3 heterocycles. The van der Waals surface area contributed by atoms with Gasteiger partial charge in [-0.25, -0.2) is 0 Å². The summed E-state index contributed by atoms with van der Waals surface area (Å²) in [6.07, 6.45) is -1.63. The maximum absolute atomic E-state index is 15.0. The van der Waals surface area contributed by atoms with Crippen LogP contribution in [0.15, 0.2) is 140 Å². The van der Waals surface area contributed by atoms with Crippen LogP contribution in [0.5, 0.6) is 5.75 Å². The van der Waals surface area contributed by atoms with Gasteiger partial charge in [0.15, 0.2) is 0 Å². The van der Waals surface area contributed by atoms with Crippen molar-refractivity contribution in [3.63, 3.8) is 0 Å². The number of ether oxygens (including phenoxy) is 1. The van der Waals surface area contributed by atoms with Gasteiger partial charge in [0.25, 0.3) is 0 Å². The minimum absolute atomic E-state index is 0.0518. The van der Waals surface area contributed by atoms with E-state index in [1.54, 1.807) is 24.3 Å². The number of para-hydroxylation sites is 1. The lowest BCUT2D eigenvalue weighted by Crippen LogP contribution is -2.52. The molecule has 2 fully saturated rings. The molecule has 8 heteroatoms. The number of phenolic OH excluding ortho intramolecular Hbond substituents is 1. The number of esters is 1. The Morgan fingerprint density at radius 1 is 0.740 bits per heavy atom. The Bertz CT molecular complexity index is 2040. The van der Waals surface area contributed by atoms with Crippen molar-refractivity contribution in [1.82, 2.24) is 4.90 Å². The number of nitrogens with one attached hydrogen (secondary N) is 1. The predicted octanol–water partition coefficient (Wildman–Crippen LogP) is 6.75. The van der Waals surface area contributed by atoms with Gasteiger partial charge in [-0.1, -0.05) is 121 Å². The summed E-state index contributed by atoms with van der Waals surface area (Å²) in [4.78, 5) is 46.5. The third-order valence-corrected chi connectivity index (χ3v) is 10.6. The van der Waals surface area contributed by atoms with Crippen LogP contribution in [0.1, 0.15) is 65.0 Å². The van der Waals surface area contributed by atoms with E-state index >= 15 is 0 Å². The lowest BCUT2D eigenvalue weighted by Gasteiger charge is -2.46. The number of nitrogens with zero attached hydrogens (tertiary/aromatic N) is 1. The first-order valence-electron chi connectivity index (χ1n) is 16.9. The number of rotatable bonds is 8. The molecule has 250 valence electrons. The largest absolute Gasteiger partial charge is 0.508 e. The standard InChI is InChI=1S/C42H36N2O6/c45-30-22-20-29(21-23-30)39-42(31-18-10-11-19-32(31)43-41(42)49)35(34(47)25-24-33(46)26-12-4-1-5-13-26)37-40(48)50-38(28-16-8-3-9-17-28)36(44(37)39)27-14-6-2-7-15-27/h1-23,33,35-39,45-46H,24-25H2,(H,43,49)/t33-,35+,36-,37-,38+,39+,42-/m0/s1. The zero-order valence-corrected chi connectivity index (χ0v) is 27.1. The van der Waals surface area contributed by atoms with E-state index in [4.69, 9.17) is 4.74 Å². The van der Waals surface area contributed by atoms with E-state index in [0.29, 0.717) is 22.4 Å². The van der Waals surface area contributed by atoms with E-state index in [0.717, 1.165) is 11.1 Å². The lowest BCUT2D eigenvalue weighted by atomic mass is 9.64. The number of Topliss-reactive ketones (excluding diaryl/α,β-unsaturated/α-hetero) is 1. The zero-order chi connectivity index (χ0) is 34.4. The highest BCUT2D eigenvalue weighted by Crippen LogP contribution is 2.65. The van der Waals surface area contributed by atoms with Crippen molar-refractivity contribution in [3.05, 3.63) is 167 Å². The van der Waals surface area contributed by atoms with Crippen LogP contribution in [0.3, 0.4) is 0 Å². The molecule has 3 aliphatic rings. The Labute approximate surface area is 290 Å². The number of cyclic esters (lactones) is 1. The van der Waals surface area contributed by atoms with E-state index in [1.165, 1.54) is 0 Å². The number of amides is 1. The molecular weight excluding hydrogens is 628 g/mol. The molecule has 0 unspecified atom stereocenters. The highest BCUT2D eigenvalue weighted by Gasteiger charge is 2.73. The Kier molecular flexibility index (Phi) is 8.05. The maximum Gasteiger partial charge on any atom is 0.324 e. The van der Waals surface area contributed by atoms with Crippen molar-refractivity contribution in [3.8, 4) is 5.75 Å². The summed E-state index contributed by atoms with van der Waals surface area (Å²) in [5, 5.41) is 24.6. The van der Waals surface area contributed by atoms with Gasteiger partial charge >= 0.3 is 5.97 Å². The van der Waals surface area contributed by atoms with E-state index < -0.39 is 47.6 Å². The average molecular weight is 665 g/mol. The first-order chi connectivity index (χ1) is 24.4. The van der Waals surface area contributed by atoms with Crippen LogP contribution in [-0.4, -0.2) is 38.8 Å². The van der Waals surface area contributed by atoms with Crippen LogP contribution in [0.25, 0.3) is 0 Å². The number of phenols is 1. The fraction of sp³-hybridized carbons (Fsp3) is 0.214. The summed E-state index contributed by atoms with van der Waals surface area (Å²) >= 11 is 0. The van der Waals surface area contributed by atoms with Gasteiger partial charge < -0.3 is 20.3 Å². The highest BCUT2D eigenvalue weighted by molar-refractivity contribution is 6.12. The summed E-state index contributed by atoms with van der Waals surface area (Å²) in [6.45, 7) is 0. The topological polar surface area (TPSA) is 116 Å². The summed E-state index contributed by atoms with van der Waals surface area (Å²) in [5.41, 5.74) is 2.64. The average Bonchev–Trinajstić information content (AvgIpc) is 3.64. The third kappa shape index (κ3) is 5.02. The number of hydrogen-bond acceptors (Lipinski definition) is 7. The monoisotopic (exact) mass is 664 g/mol. The first kappa shape index (κ1) is 31.7. The van der Waals surface area contributed by atoms with Gasteiger partial charge in [0.1, 0.15) is 29.1 Å². The molecule has 0 radical (unpaired) electrons. The molecule has 8 rings (SSSR count). The molecule has 3 aliphatic heterocycles. The maximum atomic E-state index is 15.0. The van der Waals surface area contributed by atoms with Gasteiger partial charge in [-0.05, 0) is 52.4 Å². The smallest absolute Gasteiger partial charge is 0.324 e. The number of anilines is 1. The van der Waals surface area contributed by atoms with Gasteiger partial charge in [0.05, 0.1) is 24.1 Å². The van der Waals surface area contributed by atoms with Crippen LogP contribution in [0.2, 0.25) is 0 Å². The van der Waals surface area contributed by atoms with Crippen LogP contribution in [-0.2, 0) is 24.5 Å². The molecular formula is C42H36N2O6. The third-order valence-electron chi connectivity index (χ3n) is 10.6. The Morgan fingerprint density at radius 2 is 1.34 bits per heavy atom. The summed E-state index contributed by atoms with van der Waals surface area (Å²) in [7, 11) is 0. The number of fused-ring (bicyclic) bond motifs is 3.